The summed E-state index contributed by atoms with van der Waals surface area (Å²) in [5.41, 5.74) is 1.14. The van der Waals surface area contributed by atoms with Crippen LogP contribution in [-0.2, 0) is 4.74 Å². The zero-order valence-corrected chi connectivity index (χ0v) is 8.87. The molecule has 1 aliphatic heterocycles. The van der Waals surface area contributed by atoms with Gasteiger partial charge in [-0.05, 0) is 36.4 Å². The number of aromatic nitrogens is 1. The molecule has 0 spiro atoms. The van der Waals surface area contributed by atoms with Crippen molar-refractivity contribution in [3.05, 3.63) is 48.8 Å². The molecule has 3 nitrogen and oxygen atoms in total. The second-order valence-corrected chi connectivity index (χ2v) is 3.85. The fourth-order valence-electron chi connectivity index (χ4n) is 1.57. The molecule has 1 saturated heterocycles. The van der Waals surface area contributed by atoms with Crippen LogP contribution >= 0.6 is 0 Å². The molecule has 3 rings (SSSR count). The molecule has 0 aliphatic carbocycles. The van der Waals surface area contributed by atoms with E-state index < -0.39 is 0 Å². The molecule has 0 saturated carbocycles. The molecule has 0 bridgehead atoms. The Balaban J connectivity index is 1.69. The van der Waals surface area contributed by atoms with Crippen molar-refractivity contribution in [2.75, 3.05) is 13.2 Å². The van der Waals surface area contributed by atoms with Crippen LogP contribution in [0, 0.1) is 0 Å². The van der Waals surface area contributed by atoms with Gasteiger partial charge in [-0.1, -0.05) is 0 Å². The highest BCUT2D eigenvalue weighted by atomic mass is 16.6. The Morgan fingerprint density at radius 1 is 1.19 bits per heavy atom. The van der Waals surface area contributed by atoms with Crippen molar-refractivity contribution in [3.8, 4) is 11.4 Å². The lowest BCUT2D eigenvalue weighted by atomic mass is 10.3. The number of benzene rings is 1. The predicted molar refractivity (Wildman–Crippen MR) is 61.0 cm³/mol. The van der Waals surface area contributed by atoms with E-state index in [1.807, 2.05) is 48.8 Å². The van der Waals surface area contributed by atoms with E-state index in [2.05, 4.69) is 4.57 Å². The highest BCUT2D eigenvalue weighted by Crippen LogP contribution is 2.17. The Kier molecular flexibility index (Phi) is 2.38. The van der Waals surface area contributed by atoms with Gasteiger partial charge in [0, 0.05) is 18.1 Å². The molecule has 1 aliphatic rings. The molecule has 1 atom stereocenters. The van der Waals surface area contributed by atoms with Gasteiger partial charge >= 0.3 is 0 Å². The molecular weight excluding hydrogens is 202 g/mol. The second-order valence-electron chi connectivity index (χ2n) is 3.85. The van der Waals surface area contributed by atoms with Crippen molar-refractivity contribution >= 4 is 0 Å². The molecular formula is C13H13NO2. The van der Waals surface area contributed by atoms with Gasteiger partial charge in [-0.3, -0.25) is 0 Å². The first-order valence-electron chi connectivity index (χ1n) is 5.40. The summed E-state index contributed by atoms with van der Waals surface area (Å²) in [7, 11) is 0. The minimum Gasteiger partial charge on any atom is -0.491 e. The normalized spacial score (nSPS) is 18.4. The van der Waals surface area contributed by atoms with Crippen molar-refractivity contribution < 1.29 is 9.47 Å². The molecule has 1 aromatic carbocycles. The van der Waals surface area contributed by atoms with Gasteiger partial charge in [0.1, 0.15) is 18.5 Å². The maximum Gasteiger partial charge on any atom is 0.119 e. The van der Waals surface area contributed by atoms with Crippen LogP contribution < -0.4 is 4.74 Å². The summed E-state index contributed by atoms with van der Waals surface area (Å²) in [6, 6.07) is 12.1. The monoisotopic (exact) mass is 215 g/mol. The largest absolute Gasteiger partial charge is 0.491 e. The third kappa shape index (κ3) is 2.09. The van der Waals surface area contributed by atoms with Crippen molar-refractivity contribution in [2.24, 2.45) is 0 Å². The van der Waals surface area contributed by atoms with E-state index in [1.54, 1.807) is 0 Å². The van der Waals surface area contributed by atoms with Crippen LogP contribution in [0.3, 0.4) is 0 Å². The first-order valence-corrected chi connectivity index (χ1v) is 5.40. The average molecular weight is 215 g/mol. The molecule has 1 fully saturated rings. The van der Waals surface area contributed by atoms with Gasteiger partial charge in [-0.2, -0.15) is 0 Å². The first kappa shape index (κ1) is 9.48. The summed E-state index contributed by atoms with van der Waals surface area (Å²) in [5, 5.41) is 0. The number of epoxide rings is 1. The molecule has 0 N–H and O–H groups in total. The summed E-state index contributed by atoms with van der Waals surface area (Å²) in [4.78, 5) is 0. The number of rotatable bonds is 4. The molecule has 0 radical (unpaired) electrons. The van der Waals surface area contributed by atoms with Gasteiger partial charge in [0.15, 0.2) is 0 Å². The number of nitrogens with zero attached hydrogens (tertiary/aromatic N) is 1. The second kappa shape index (κ2) is 4.02. The Bertz CT molecular complexity index is 443. The Hall–Kier alpha value is -1.74. The maximum absolute atomic E-state index is 5.57. The summed E-state index contributed by atoms with van der Waals surface area (Å²) in [5.74, 6) is 0.895. The van der Waals surface area contributed by atoms with E-state index in [1.165, 1.54) is 0 Å². The van der Waals surface area contributed by atoms with E-state index in [4.69, 9.17) is 9.47 Å². The van der Waals surface area contributed by atoms with E-state index in [0.717, 1.165) is 18.0 Å². The standard InChI is InChI=1S/C13H13NO2/c1-2-8-14(7-1)11-3-5-12(6-4-11)15-9-13-10-16-13/h1-8,13H,9-10H2. The van der Waals surface area contributed by atoms with Gasteiger partial charge in [0.05, 0.1) is 6.61 Å². The van der Waals surface area contributed by atoms with Crippen LogP contribution in [0.1, 0.15) is 0 Å². The van der Waals surface area contributed by atoms with Crippen LogP contribution in [0.2, 0.25) is 0 Å². The molecule has 16 heavy (non-hydrogen) atoms. The molecule has 1 unspecified atom stereocenters. The van der Waals surface area contributed by atoms with Gasteiger partial charge in [-0.15, -0.1) is 0 Å². The number of hydrogen-bond donors (Lipinski definition) is 0. The maximum atomic E-state index is 5.57. The minimum atomic E-state index is 0.309. The molecule has 82 valence electrons. The number of ether oxygens (including phenoxy) is 2. The van der Waals surface area contributed by atoms with Gasteiger partial charge in [-0.25, -0.2) is 0 Å². The van der Waals surface area contributed by atoms with Crippen molar-refractivity contribution in [1.82, 2.24) is 4.57 Å². The van der Waals surface area contributed by atoms with Crippen LogP contribution in [0.4, 0.5) is 0 Å². The minimum absolute atomic E-state index is 0.309. The summed E-state index contributed by atoms with van der Waals surface area (Å²) in [6.45, 7) is 1.49. The summed E-state index contributed by atoms with van der Waals surface area (Å²) < 4.78 is 12.7. The lowest BCUT2D eigenvalue weighted by Crippen LogP contribution is -2.03. The van der Waals surface area contributed by atoms with Crippen LogP contribution in [0.25, 0.3) is 5.69 Å². The highest BCUT2D eigenvalue weighted by molar-refractivity contribution is 5.37. The highest BCUT2D eigenvalue weighted by Gasteiger charge is 2.22. The molecule has 2 aromatic rings. The van der Waals surface area contributed by atoms with Gasteiger partial charge in [0.25, 0.3) is 0 Å². The summed E-state index contributed by atoms with van der Waals surface area (Å²) >= 11 is 0. The zero-order valence-electron chi connectivity index (χ0n) is 8.87. The molecule has 2 heterocycles. The Labute approximate surface area is 94.2 Å². The van der Waals surface area contributed by atoms with Gasteiger partial charge < -0.3 is 14.0 Å². The van der Waals surface area contributed by atoms with E-state index in [-0.39, 0.29) is 0 Å². The summed E-state index contributed by atoms with van der Waals surface area (Å²) in [6.07, 6.45) is 4.35. The van der Waals surface area contributed by atoms with E-state index >= 15 is 0 Å². The molecule has 3 heteroatoms. The zero-order chi connectivity index (χ0) is 10.8. The lowest BCUT2D eigenvalue weighted by molar-refractivity contribution is 0.263. The first-order chi connectivity index (χ1) is 7.92. The smallest absolute Gasteiger partial charge is 0.119 e. The topological polar surface area (TPSA) is 26.7 Å². The van der Waals surface area contributed by atoms with Crippen LogP contribution in [0.5, 0.6) is 5.75 Å². The SMILES string of the molecule is c1ccn(-c2ccc(OCC3CO3)cc2)c1. The van der Waals surface area contributed by atoms with Gasteiger partial charge in [0.2, 0.25) is 0 Å². The third-order valence-corrected chi connectivity index (χ3v) is 2.58. The fraction of sp³-hybridized carbons (Fsp3) is 0.231. The lowest BCUT2D eigenvalue weighted by Gasteiger charge is -2.06. The Morgan fingerprint density at radius 2 is 1.88 bits per heavy atom. The van der Waals surface area contributed by atoms with Crippen LogP contribution in [-0.4, -0.2) is 23.9 Å². The Morgan fingerprint density at radius 3 is 2.50 bits per heavy atom. The predicted octanol–water partition coefficient (Wildman–Crippen LogP) is 2.25. The van der Waals surface area contributed by atoms with E-state index in [9.17, 15) is 0 Å². The quantitative estimate of drug-likeness (QED) is 0.731. The molecule has 1 aromatic heterocycles. The fourth-order valence-corrected chi connectivity index (χ4v) is 1.57. The molecule has 0 amide bonds. The number of hydrogen-bond acceptors (Lipinski definition) is 2. The van der Waals surface area contributed by atoms with Crippen LogP contribution in [0.15, 0.2) is 48.8 Å². The van der Waals surface area contributed by atoms with E-state index in [0.29, 0.717) is 12.7 Å². The van der Waals surface area contributed by atoms with Crippen molar-refractivity contribution in [2.45, 2.75) is 6.10 Å². The van der Waals surface area contributed by atoms with Crippen molar-refractivity contribution in [1.29, 1.82) is 0 Å². The van der Waals surface area contributed by atoms with Crippen molar-refractivity contribution in [3.63, 3.8) is 0 Å². The third-order valence-electron chi connectivity index (χ3n) is 2.58. The average Bonchev–Trinajstić information content (AvgIpc) is 3.00.